The lowest BCUT2D eigenvalue weighted by atomic mass is 10.0. The fourth-order valence-electron chi connectivity index (χ4n) is 2.69. The predicted molar refractivity (Wildman–Crippen MR) is 87.8 cm³/mol. The minimum Gasteiger partial charge on any atom is -0.475 e. The van der Waals surface area contributed by atoms with E-state index in [0.29, 0.717) is 5.56 Å². The molecule has 23 heavy (non-hydrogen) atoms. The first-order valence-corrected chi connectivity index (χ1v) is 7.46. The fraction of sp³-hybridized carbons (Fsp3) is 0.235. The third kappa shape index (κ3) is 2.63. The third-order valence-electron chi connectivity index (χ3n) is 3.85. The zero-order valence-electron chi connectivity index (χ0n) is 13.0. The van der Waals surface area contributed by atoms with Crippen LogP contribution >= 0.6 is 0 Å². The molecule has 0 unspecified atom stereocenters. The van der Waals surface area contributed by atoms with Crippen LogP contribution in [0.25, 0.3) is 22.0 Å². The van der Waals surface area contributed by atoms with E-state index in [1.807, 2.05) is 18.2 Å². The Kier molecular flexibility index (Phi) is 3.97. The van der Waals surface area contributed by atoms with Crippen molar-refractivity contribution in [2.24, 2.45) is 0 Å². The summed E-state index contributed by atoms with van der Waals surface area (Å²) in [6.07, 6.45) is 2.94. The summed E-state index contributed by atoms with van der Waals surface area (Å²) in [4.78, 5) is 22.1. The van der Waals surface area contributed by atoms with Gasteiger partial charge >= 0.3 is 5.97 Å². The number of furan rings is 1. The average molecular weight is 311 g/mol. The highest BCUT2D eigenvalue weighted by atomic mass is 16.4. The SMILES string of the molecule is CCN(CC)c1ncnc2ccc(-c3ccoc3C(=O)O)cc12. The van der Waals surface area contributed by atoms with Crippen molar-refractivity contribution in [2.45, 2.75) is 13.8 Å². The highest BCUT2D eigenvalue weighted by Crippen LogP contribution is 2.31. The van der Waals surface area contributed by atoms with Crippen LogP contribution in [0.4, 0.5) is 5.82 Å². The molecule has 0 radical (unpaired) electrons. The molecule has 0 fully saturated rings. The number of hydrogen-bond acceptors (Lipinski definition) is 5. The number of anilines is 1. The fourth-order valence-corrected chi connectivity index (χ4v) is 2.69. The van der Waals surface area contributed by atoms with Gasteiger partial charge in [0.1, 0.15) is 12.1 Å². The molecule has 0 aliphatic rings. The molecule has 3 aromatic rings. The smallest absolute Gasteiger partial charge is 0.372 e. The summed E-state index contributed by atoms with van der Waals surface area (Å²) in [6, 6.07) is 7.29. The molecule has 0 bridgehead atoms. The Labute approximate surface area is 133 Å². The normalized spacial score (nSPS) is 10.9. The highest BCUT2D eigenvalue weighted by molar-refractivity contribution is 5.97. The molecule has 6 heteroatoms. The second-order valence-electron chi connectivity index (χ2n) is 5.07. The van der Waals surface area contributed by atoms with Crippen molar-refractivity contribution in [1.82, 2.24) is 9.97 Å². The van der Waals surface area contributed by atoms with Gasteiger partial charge in [0.25, 0.3) is 0 Å². The van der Waals surface area contributed by atoms with Crippen LogP contribution in [0.5, 0.6) is 0 Å². The first kappa shape index (κ1) is 15.0. The number of aromatic carboxylic acids is 1. The van der Waals surface area contributed by atoms with Crippen LogP contribution in [0, 0.1) is 0 Å². The molecule has 2 heterocycles. The van der Waals surface area contributed by atoms with E-state index in [2.05, 4.69) is 28.7 Å². The first-order valence-electron chi connectivity index (χ1n) is 7.46. The molecule has 0 saturated heterocycles. The molecule has 1 N–H and O–H groups in total. The van der Waals surface area contributed by atoms with Crippen LogP contribution in [-0.4, -0.2) is 34.1 Å². The van der Waals surface area contributed by atoms with Crippen molar-refractivity contribution in [3.8, 4) is 11.1 Å². The Morgan fingerprint density at radius 2 is 2.00 bits per heavy atom. The predicted octanol–water partition coefficient (Wildman–Crippen LogP) is 3.43. The van der Waals surface area contributed by atoms with Crippen molar-refractivity contribution in [3.63, 3.8) is 0 Å². The van der Waals surface area contributed by atoms with Crippen molar-refractivity contribution < 1.29 is 14.3 Å². The monoisotopic (exact) mass is 311 g/mol. The molecule has 0 amide bonds. The molecule has 2 aromatic heterocycles. The van der Waals surface area contributed by atoms with Crippen LogP contribution in [-0.2, 0) is 0 Å². The highest BCUT2D eigenvalue weighted by Gasteiger charge is 2.17. The molecule has 0 saturated carbocycles. The van der Waals surface area contributed by atoms with Crippen LogP contribution in [0.1, 0.15) is 24.4 Å². The van der Waals surface area contributed by atoms with Crippen molar-refractivity contribution in [1.29, 1.82) is 0 Å². The van der Waals surface area contributed by atoms with Gasteiger partial charge in [-0.1, -0.05) is 6.07 Å². The maximum Gasteiger partial charge on any atom is 0.372 e. The van der Waals surface area contributed by atoms with E-state index in [1.54, 1.807) is 12.4 Å². The van der Waals surface area contributed by atoms with E-state index in [4.69, 9.17) is 4.42 Å². The quantitative estimate of drug-likeness (QED) is 0.777. The molecule has 1 aromatic carbocycles. The summed E-state index contributed by atoms with van der Waals surface area (Å²) in [5.41, 5.74) is 2.15. The van der Waals surface area contributed by atoms with Gasteiger partial charge in [-0.25, -0.2) is 14.8 Å². The Morgan fingerprint density at radius 1 is 1.22 bits per heavy atom. The zero-order valence-corrected chi connectivity index (χ0v) is 13.0. The third-order valence-corrected chi connectivity index (χ3v) is 3.85. The Hall–Kier alpha value is -2.89. The van der Waals surface area contributed by atoms with Crippen molar-refractivity contribution in [3.05, 3.63) is 42.6 Å². The lowest BCUT2D eigenvalue weighted by Gasteiger charge is -2.21. The number of fused-ring (bicyclic) bond motifs is 1. The minimum atomic E-state index is -1.08. The van der Waals surface area contributed by atoms with Crippen molar-refractivity contribution in [2.75, 3.05) is 18.0 Å². The van der Waals surface area contributed by atoms with E-state index >= 15 is 0 Å². The summed E-state index contributed by atoms with van der Waals surface area (Å²) in [6.45, 7) is 5.80. The standard InChI is InChI=1S/C17H17N3O3/c1-3-20(4-2)16-13-9-11(5-6-14(13)18-10-19-16)12-7-8-23-15(12)17(21)22/h5-10H,3-4H2,1-2H3,(H,21,22). The molecule has 0 spiro atoms. The molecule has 0 atom stereocenters. The van der Waals surface area contributed by atoms with Gasteiger partial charge in [-0.05, 0) is 37.6 Å². The maximum atomic E-state index is 11.3. The molecule has 0 aliphatic heterocycles. The number of carboxylic acid groups (broad SMARTS) is 1. The number of carboxylic acids is 1. The number of benzene rings is 1. The number of carbonyl (C=O) groups is 1. The minimum absolute atomic E-state index is 0.0643. The number of hydrogen-bond donors (Lipinski definition) is 1. The van der Waals surface area contributed by atoms with E-state index in [9.17, 15) is 9.90 Å². The van der Waals surface area contributed by atoms with Gasteiger partial charge in [0.2, 0.25) is 5.76 Å². The van der Waals surface area contributed by atoms with Crippen LogP contribution in [0.2, 0.25) is 0 Å². The first-order chi connectivity index (χ1) is 11.2. The lowest BCUT2D eigenvalue weighted by Crippen LogP contribution is -2.23. The Bertz CT molecular complexity index is 853. The maximum absolute atomic E-state index is 11.3. The van der Waals surface area contributed by atoms with E-state index in [-0.39, 0.29) is 5.76 Å². The van der Waals surface area contributed by atoms with Crippen molar-refractivity contribution >= 4 is 22.7 Å². The lowest BCUT2D eigenvalue weighted by molar-refractivity contribution is 0.0663. The van der Waals surface area contributed by atoms with Gasteiger partial charge in [-0.15, -0.1) is 0 Å². The second-order valence-corrected chi connectivity index (χ2v) is 5.07. The Morgan fingerprint density at radius 3 is 2.70 bits per heavy atom. The molecular formula is C17H17N3O3. The summed E-state index contributed by atoms with van der Waals surface area (Å²) in [5, 5.41) is 10.1. The Balaban J connectivity index is 2.19. The van der Waals surface area contributed by atoms with Gasteiger partial charge in [-0.2, -0.15) is 0 Å². The summed E-state index contributed by atoms with van der Waals surface area (Å²) in [5.74, 6) is -0.300. The van der Waals surface area contributed by atoms with E-state index < -0.39 is 5.97 Å². The van der Waals surface area contributed by atoms with Gasteiger partial charge in [0, 0.05) is 24.0 Å². The topological polar surface area (TPSA) is 79.5 Å². The number of aromatic nitrogens is 2. The van der Waals surface area contributed by atoms with Gasteiger partial charge in [0.15, 0.2) is 0 Å². The number of nitrogens with zero attached hydrogens (tertiary/aromatic N) is 3. The molecule has 6 nitrogen and oxygen atoms in total. The van der Waals surface area contributed by atoms with Crippen LogP contribution < -0.4 is 4.90 Å². The molecule has 0 aliphatic carbocycles. The summed E-state index contributed by atoms with van der Waals surface area (Å²) < 4.78 is 5.07. The van der Waals surface area contributed by atoms with E-state index in [0.717, 1.165) is 35.4 Å². The molecule has 3 rings (SSSR count). The molecule has 118 valence electrons. The van der Waals surface area contributed by atoms with Crippen LogP contribution in [0.3, 0.4) is 0 Å². The van der Waals surface area contributed by atoms with Gasteiger partial charge in [0.05, 0.1) is 11.8 Å². The number of rotatable bonds is 5. The molecular weight excluding hydrogens is 294 g/mol. The van der Waals surface area contributed by atoms with E-state index in [1.165, 1.54) is 6.26 Å². The average Bonchev–Trinajstić information content (AvgIpc) is 3.05. The second kappa shape index (κ2) is 6.08. The van der Waals surface area contributed by atoms with Gasteiger partial charge in [-0.3, -0.25) is 0 Å². The zero-order chi connectivity index (χ0) is 16.4. The largest absolute Gasteiger partial charge is 0.475 e. The van der Waals surface area contributed by atoms with Gasteiger partial charge < -0.3 is 14.4 Å². The summed E-state index contributed by atoms with van der Waals surface area (Å²) >= 11 is 0. The van der Waals surface area contributed by atoms with Crippen LogP contribution in [0.15, 0.2) is 41.3 Å². The summed E-state index contributed by atoms with van der Waals surface area (Å²) in [7, 11) is 0.